The first kappa shape index (κ1) is 15.2. The van der Waals surface area contributed by atoms with Gasteiger partial charge >= 0.3 is 0 Å². The van der Waals surface area contributed by atoms with E-state index in [0.29, 0.717) is 24.8 Å². The van der Waals surface area contributed by atoms with E-state index in [2.05, 4.69) is 5.32 Å². The van der Waals surface area contributed by atoms with Crippen molar-refractivity contribution in [2.24, 2.45) is 5.92 Å². The molecule has 1 aromatic carbocycles. The molecule has 21 heavy (non-hydrogen) atoms. The molecular formula is C13H17N3O5. The number of ether oxygens (including phenoxy) is 1. The van der Waals surface area contributed by atoms with Crippen molar-refractivity contribution in [2.75, 3.05) is 18.5 Å². The molecule has 8 heteroatoms. The molecule has 1 atom stereocenters. The first-order chi connectivity index (χ1) is 9.99. The first-order valence-electron chi connectivity index (χ1n) is 6.76. The summed E-state index contributed by atoms with van der Waals surface area (Å²) in [5, 5.41) is 24.9. The van der Waals surface area contributed by atoms with Crippen LogP contribution in [0.4, 0.5) is 17.1 Å². The Morgan fingerprint density at radius 3 is 2.48 bits per heavy atom. The van der Waals surface area contributed by atoms with Gasteiger partial charge in [-0.1, -0.05) is 0 Å². The summed E-state index contributed by atoms with van der Waals surface area (Å²) in [7, 11) is 0. The maximum Gasteiger partial charge on any atom is 0.299 e. The zero-order valence-electron chi connectivity index (χ0n) is 11.7. The Kier molecular flexibility index (Phi) is 4.69. The largest absolute Gasteiger partial charge is 0.381 e. The molecule has 1 aromatic rings. The SMILES string of the molecule is CC(Nc1ccc([N+](=O)[O-])cc1[N+](=O)[O-])C1CCOCC1. The van der Waals surface area contributed by atoms with E-state index < -0.39 is 9.85 Å². The van der Waals surface area contributed by atoms with Crippen molar-refractivity contribution in [1.29, 1.82) is 0 Å². The first-order valence-corrected chi connectivity index (χ1v) is 6.76. The minimum absolute atomic E-state index is 0.0362. The number of rotatable bonds is 5. The summed E-state index contributed by atoms with van der Waals surface area (Å²) in [6, 6.07) is 3.69. The average molecular weight is 295 g/mol. The van der Waals surface area contributed by atoms with E-state index in [1.54, 1.807) is 0 Å². The number of non-ortho nitro benzene ring substituents is 1. The van der Waals surface area contributed by atoms with Crippen LogP contribution in [-0.4, -0.2) is 29.1 Å². The van der Waals surface area contributed by atoms with E-state index >= 15 is 0 Å². The van der Waals surface area contributed by atoms with Crippen LogP contribution in [0.1, 0.15) is 19.8 Å². The minimum atomic E-state index is -0.640. The molecule has 1 N–H and O–H groups in total. The van der Waals surface area contributed by atoms with Gasteiger partial charge in [0.05, 0.1) is 15.9 Å². The predicted octanol–water partition coefficient (Wildman–Crippen LogP) is 2.73. The fraction of sp³-hybridized carbons (Fsp3) is 0.538. The third kappa shape index (κ3) is 3.66. The lowest BCUT2D eigenvalue weighted by Gasteiger charge is -2.28. The molecule has 0 radical (unpaired) electrons. The lowest BCUT2D eigenvalue weighted by molar-refractivity contribution is -0.393. The van der Waals surface area contributed by atoms with Gasteiger partial charge in [-0.05, 0) is 31.7 Å². The summed E-state index contributed by atoms with van der Waals surface area (Å²) < 4.78 is 5.29. The van der Waals surface area contributed by atoms with Crippen LogP contribution in [0.2, 0.25) is 0 Å². The third-order valence-corrected chi connectivity index (χ3v) is 3.75. The Hall–Kier alpha value is -2.22. The van der Waals surface area contributed by atoms with Gasteiger partial charge in [-0.2, -0.15) is 0 Å². The number of nitro benzene ring substituents is 2. The summed E-state index contributed by atoms with van der Waals surface area (Å²) in [4.78, 5) is 20.5. The highest BCUT2D eigenvalue weighted by molar-refractivity contribution is 5.65. The summed E-state index contributed by atoms with van der Waals surface area (Å²) in [6.45, 7) is 3.35. The van der Waals surface area contributed by atoms with Crippen LogP contribution in [0.3, 0.4) is 0 Å². The summed E-state index contributed by atoms with van der Waals surface area (Å²) >= 11 is 0. The van der Waals surface area contributed by atoms with Crippen molar-refractivity contribution >= 4 is 17.1 Å². The van der Waals surface area contributed by atoms with Crippen molar-refractivity contribution < 1.29 is 14.6 Å². The van der Waals surface area contributed by atoms with Crippen LogP contribution in [0.25, 0.3) is 0 Å². The van der Waals surface area contributed by atoms with Crippen molar-refractivity contribution in [3.8, 4) is 0 Å². The molecule has 0 spiro atoms. The van der Waals surface area contributed by atoms with Gasteiger partial charge in [0.2, 0.25) is 0 Å². The van der Waals surface area contributed by atoms with Crippen molar-refractivity contribution in [2.45, 2.75) is 25.8 Å². The predicted molar refractivity (Wildman–Crippen MR) is 76.4 cm³/mol. The zero-order chi connectivity index (χ0) is 15.4. The highest BCUT2D eigenvalue weighted by atomic mass is 16.6. The van der Waals surface area contributed by atoms with E-state index in [4.69, 9.17) is 4.74 Å². The number of anilines is 1. The molecule has 2 rings (SSSR count). The summed E-state index contributed by atoms with van der Waals surface area (Å²) in [5.74, 6) is 0.369. The van der Waals surface area contributed by atoms with Gasteiger partial charge in [-0.15, -0.1) is 0 Å². The molecule has 0 aromatic heterocycles. The average Bonchev–Trinajstić information content (AvgIpc) is 2.48. The van der Waals surface area contributed by atoms with Gasteiger partial charge in [0, 0.05) is 25.3 Å². The molecule has 0 amide bonds. The molecule has 1 unspecified atom stereocenters. The standard InChI is InChI=1S/C13H17N3O5/c1-9(10-4-6-21-7-5-10)14-12-3-2-11(15(17)18)8-13(12)16(19)20/h2-3,8-10,14H,4-7H2,1H3. The highest BCUT2D eigenvalue weighted by Crippen LogP contribution is 2.31. The molecule has 114 valence electrons. The van der Waals surface area contributed by atoms with E-state index in [1.165, 1.54) is 12.1 Å². The normalized spacial score (nSPS) is 17.2. The molecule has 8 nitrogen and oxygen atoms in total. The van der Waals surface area contributed by atoms with Crippen molar-refractivity contribution in [1.82, 2.24) is 0 Å². The molecule has 1 aliphatic rings. The Morgan fingerprint density at radius 1 is 1.24 bits per heavy atom. The summed E-state index contributed by atoms with van der Waals surface area (Å²) in [6.07, 6.45) is 1.80. The van der Waals surface area contributed by atoms with Crippen molar-refractivity contribution in [3.05, 3.63) is 38.4 Å². The second-order valence-corrected chi connectivity index (χ2v) is 5.10. The number of hydrogen-bond acceptors (Lipinski definition) is 6. The molecule has 0 saturated carbocycles. The molecule has 0 aliphatic carbocycles. The van der Waals surface area contributed by atoms with Crippen LogP contribution < -0.4 is 5.32 Å². The van der Waals surface area contributed by atoms with E-state index in [1.807, 2.05) is 6.92 Å². The maximum absolute atomic E-state index is 11.1. The zero-order valence-corrected chi connectivity index (χ0v) is 11.7. The fourth-order valence-corrected chi connectivity index (χ4v) is 2.49. The van der Waals surface area contributed by atoms with Gasteiger partial charge in [-0.25, -0.2) is 0 Å². The molecule has 0 bridgehead atoms. The van der Waals surface area contributed by atoms with Crippen LogP contribution in [0.15, 0.2) is 18.2 Å². The Morgan fingerprint density at radius 2 is 1.90 bits per heavy atom. The van der Waals surface area contributed by atoms with Gasteiger partial charge in [0.1, 0.15) is 5.69 Å². The van der Waals surface area contributed by atoms with Crippen LogP contribution in [0.5, 0.6) is 0 Å². The second-order valence-electron chi connectivity index (χ2n) is 5.10. The number of nitrogens with zero attached hydrogens (tertiary/aromatic N) is 2. The second kappa shape index (κ2) is 6.49. The number of benzene rings is 1. The van der Waals surface area contributed by atoms with E-state index in [0.717, 1.165) is 18.9 Å². The lowest BCUT2D eigenvalue weighted by Crippen LogP contribution is -2.31. The van der Waals surface area contributed by atoms with E-state index in [-0.39, 0.29) is 17.4 Å². The molecule has 1 heterocycles. The monoisotopic (exact) mass is 295 g/mol. The Balaban J connectivity index is 2.18. The number of hydrogen-bond donors (Lipinski definition) is 1. The quantitative estimate of drug-likeness (QED) is 0.661. The van der Waals surface area contributed by atoms with Crippen LogP contribution >= 0.6 is 0 Å². The Bertz CT molecular complexity index is 543. The van der Waals surface area contributed by atoms with Gasteiger partial charge in [0.25, 0.3) is 11.4 Å². The van der Waals surface area contributed by atoms with Crippen molar-refractivity contribution in [3.63, 3.8) is 0 Å². The third-order valence-electron chi connectivity index (χ3n) is 3.75. The topological polar surface area (TPSA) is 108 Å². The fourth-order valence-electron chi connectivity index (χ4n) is 2.49. The Labute approximate surface area is 121 Å². The minimum Gasteiger partial charge on any atom is -0.381 e. The molecule has 1 fully saturated rings. The van der Waals surface area contributed by atoms with Crippen LogP contribution in [0, 0.1) is 26.1 Å². The molecular weight excluding hydrogens is 278 g/mol. The highest BCUT2D eigenvalue weighted by Gasteiger charge is 2.24. The number of nitrogens with one attached hydrogen (secondary N) is 1. The number of nitro groups is 2. The molecule has 1 saturated heterocycles. The van der Waals surface area contributed by atoms with Gasteiger partial charge in [0.15, 0.2) is 0 Å². The van der Waals surface area contributed by atoms with E-state index in [9.17, 15) is 20.2 Å². The maximum atomic E-state index is 11.1. The smallest absolute Gasteiger partial charge is 0.299 e. The lowest BCUT2D eigenvalue weighted by atomic mass is 9.92. The van der Waals surface area contributed by atoms with Crippen LogP contribution in [-0.2, 0) is 4.74 Å². The molecule has 1 aliphatic heterocycles. The van der Waals surface area contributed by atoms with Gasteiger partial charge in [-0.3, -0.25) is 20.2 Å². The van der Waals surface area contributed by atoms with Gasteiger partial charge < -0.3 is 10.1 Å². The summed E-state index contributed by atoms with van der Waals surface area (Å²) in [5.41, 5.74) is -0.251.